The van der Waals surface area contributed by atoms with Gasteiger partial charge in [0.2, 0.25) is 5.91 Å². The summed E-state index contributed by atoms with van der Waals surface area (Å²) in [6.45, 7) is 2.96. The Hall–Kier alpha value is -1.73. The number of hydrogen-bond donors (Lipinski definition) is 1. The number of benzene rings is 1. The van der Waals surface area contributed by atoms with Crippen LogP contribution in [0, 0.1) is 6.92 Å². The zero-order valence-electron chi connectivity index (χ0n) is 14.6. The highest BCUT2D eigenvalue weighted by atomic mass is 31.2. The standard InChI is InChI=1S/C16H23N2O6P/c1-12-10-13(17-15(19)6-9-25(21,22-2)23-3)4-5-14(12)18-7-8-24-11-16(18)20/h4-5,10H,6-9,11H2,1-3H3,(H,17,19). The molecule has 1 aromatic carbocycles. The van der Waals surface area contributed by atoms with Crippen LogP contribution in [0.2, 0.25) is 0 Å². The summed E-state index contributed by atoms with van der Waals surface area (Å²) in [4.78, 5) is 25.6. The molecular formula is C16H23N2O6P. The van der Waals surface area contributed by atoms with Crippen LogP contribution in [0.4, 0.5) is 11.4 Å². The lowest BCUT2D eigenvalue weighted by Crippen LogP contribution is -2.42. The summed E-state index contributed by atoms with van der Waals surface area (Å²) in [6.07, 6.45) is 0.0207. The molecule has 1 saturated heterocycles. The number of carbonyl (C=O) groups excluding carboxylic acids is 2. The first-order valence-electron chi connectivity index (χ1n) is 7.87. The van der Waals surface area contributed by atoms with Crippen LogP contribution in [0.5, 0.6) is 0 Å². The van der Waals surface area contributed by atoms with Gasteiger partial charge < -0.3 is 24.0 Å². The zero-order valence-corrected chi connectivity index (χ0v) is 15.5. The number of carbonyl (C=O) groups is 2. The normalized spacial score (nSPS) is 15.3. The van der Waals surface area contributed by atoms with Crippen molar-refractivity contribution < 1.29 is 27.9 Å². The van der Waals surface area contributed by atoms with Crippen molar-refractivity contribution in [3.8, 4) is 0 Å². The molecule has 0 unspecified atom stereocenters. The van der Waals surface area contributed by atoms with Gasteiger partial charge in [-0.15, -0.1) is 0 Å². The van der Waals surface area contributed by atoms with Crippen molar-refractivity contribution in [3.63, 3.8) is 0 Å². The molecule has 0 radical (unpaired) electrons. The van der Waals surface area contributed by atoms with Crippen LogP contribution in [0.15, 0.2) is 18.2 Å². The molecule has 1 fully saturated rings. The van der Waals surface area contributed by atoms with Gasteiger partial charge in [0.25, 0.3) is 5.91 Å². The molecule has 9 heteroatoms. The first kappa shape index (κ1) is 19.6. The van der Waals surface area contributed by atoms with Gasteiger partial charge in [-0.2, -0.15) is 0 Å². The highest BCUT2D eigenvalue weighted by Crippen LogP contribution is 2.46. The first-order chi connectivity index (χ1) is 11.9. The number of aryl methyl sites for hydroxylation is 1. The Morgan fingerprint density at radius 2 is 2.08 bits per heavy atom. The third-order valence-electron chi connectivity index (χ3n) is 3.93. The molecule has 1 aromatic rings. The summed E-state index contributed by atoms with van der Waals surface area (Å²) < 4.78 is 26.7. The fourth-order valence-electron chi connectivity index (χ4n) is 2.53. The van der Waals surface area contributed by atoms with Crippen LogP contribution in [0.3, 0.4) is 0 Å². The third kappa shape index (κ3) is 5.12. The Bertz CT molecular complexity index is 685. The van der Waals surface area contributed by atoms with Gasteiger partial charge in [-0.1, -0.05) is 0 Å². The maximum Gasteiger partial charge on any atom is 0.330 e. The highest BCUT2D eigenvalue weighted by Gasteiger charge is 2.23. The first-order valence-corrected chi connectivity index (χ1v) is 9.60. The third-order valence-corrected chi connectivity index (χ3v) is 5.81. The lowest BCUT2D eigenvalue weighted by molar-refractivity contribution is -0.125. The quantitative estimate of drug-likeness (QED) is 0.740. The molecule has 0 spiro atoms. The van der Waals surface area contributed by atoms with E-state index in [2.05, 4.69) is 5.32 Å². The lowest BCUT2D eigenvalue weighted by Gasteiger charge is -2.28. The second-order valence-electron chi connectivity index (χ2n) is 5.60. The number of ether oxygens (including phenoxy) is 1. The number of amides is 2. The molecular weight excluding hydrogens is 347 g/mol. The predicted molar refractivity (Wildman–Crippen MR) is 94.1 cm³/mol. The summed E-state index contributed by atoms with van der Waals surface area (Å²) in [6, 6.07) is 5.32. The van der Waals surface area contributed by atoms with E-state index in [-0.39, 0.29) is 31.0 Å². The maximum absolute atomic E-state index is 12.0. The molecule has 2 amide bonds. The molecule has 8 nitrogen and oxygen atoms in total. The molecule has 0 bridgehead atoms. The van der Waals surface area contributed by atoms with E-state index in [1.54, 1.807) is 23.1 Å². The molecule has 0 saturated carbocycles. The minimum atomic E-state index is -3.20. The largest absolute Gasteiger partial charge is 0.370 e. The minimum Gasteiger partial charge on any atom is -0.370 e. The van der Waals surface area contributed by atoms with Crippen LogP contribution in [-0.2, 0) is 27.9 Å². The van der Waals surface area contributed by atoms with Gasteiger partial charge in [0.1, 0.15) is 6.61 Å². The fraction of sp³-hybridized carbons (Fsp3) is 0.500. The summed E-state index contributed by atoms with van der Waals surface area (Å²) in [5.41, 5.74) is 2.28. The molecule has 0 atom stereocenters. The van der Waals surface area contributed by atoms with E-state index in [1.165, 1.54) is 14.2 Å². The van der Waals surface area contributed by atoms with Crippen molar-refractivity contribution in [1.82, 2.24) is 0 Å². The predicted octanol–water partition coefficient (Wildman–Crippen LogP) is 2.17. The van der Waals surface area contributed by atoms with Crippen molar-refractivity contribution in [2.24, 2.45) is 0 Å². The van der Waals surface area contributed by atoms with E-state index in [9.17, 15) is 14.2 Å². The molecule has 1 heterocycles. The molecule has 25 heavy (non-hydrogen) atoms. The average molecular weight is 370 g/mol. The number of hydrogen-bond acceptors (Lipinski definition) is 6. The van der Waals surface area contributed by atoms with Crippen molar-refractivity contribution in [2.45, 2.75) is 13.3 Å². The summed E-state index contributed by atoms with van der Waals surface area (Å²) in [5.74, 6) is -0.370. The molecule has 1 aliphatic rings. The molecule has 0 aromatic heterocycles. The molecule has 2 rings (SSSR count). The molecule has 138 valence electrons. The van der Waals surface area contributed by atoms with Gasteiger partial charge in [-0.3, -0.25) is 14.2 Å². The smallest absolute Gasteiger partial charge is 0.330 e. The van der Waals surface area contributed by atoms with Gasteiger partial charge in [0.05, 0.1) is 12.8 Å². The van der Waals surface area contributed by atoms with Crippen molar-refractivity contribution in [1.29, 1.82) is 0 Å². The van der Waals surface area contributed by atoms with E-state index in [0.717, 1.165) is 11.3 Å². The zero-order chi connectivity index (χ0) is 18.4. The van der Waals surface area contributed by atoms with E-state index in [0.29, 0.717) is 18.8 Å². The Morgan fingerprint density at radius 1 is 1.36 bits per heavy atom. The van der Waals surface area contributed by atoms with Crippen molar-refractivity contribution in [3.05, 3.63) is 23.8 Å². The Morgan fingerprint density at radius 3 is 2.68 bits per heavy atom. The van der Waals surface area contributed by atoms with E-state index >= 15 is 0 Å². The Labute approximate surface area is 147 Å². The summed E-state index contributed by atoms with van der Waals surface area (Å²) >= 11 is 0. The molecule has 0 aliphatic carbocycles. The number of anilines is 2. The number of rotatable bonds is 7. The van der Waals surface area contributed by atoms with Gasteiger partial charge >= 0.3 is 7.60 Å². The second kappa shape index (κ2) is 8.58. The van der Waals surface area contributed by atoms with Crippen LogP contribution >= 0.6 is 7.60 Å². The van der Waals surface area contributed by atoms with Crippen molar-refractivity contribution in [2.75, 3.05) is 50.4 Å². The van der Waals surface area contributed by atoms with Gasteiger partial charge in [0.15, 0.2) is 0 Å². The maximum atomic E-state index is 12.0. The van der Waals surface area contributed by atoms with Crippen LogP contribution in [0.1, 0.15) is 12.0 Å². The monoisotopic (exact) mass is 370 g/mol. The van der Waals surface area contributed by atoms with E-state index in [1.807, 2.05) is 6.92 Å². The number of morpholine rings is 1. The van der Waals surface area contributed by atoms with Gasteiger partial charge in [-0.25, -0.2) is 0 Å². The van der Waals surface area contributed by atoms with Crippen LogP contribution in [0.25, 0.3) is 0 Å². The van der Waals surface area contributed by atoms with Crippen LogP contribution < -0.4 is 10.2 Å². The minimum absolute atomic E-state index is 0.00514. The Kier molecular flexibility index (Phi) is 6.72. The summed E-state index contributed by atoms with van der Waals surface area (Å²) in [7, 11) is -0.622. The molecule has 1 aliphatic heterocycles. The average Bonchev–Trinajstić information content (AvgIpc) is 2.61. The van der Waals surface area contributed by atoms with Crippen LogP contribution in [-0.4, -0.2) is 52.0 Å². The molecule has 1 N–H and O–H groups in total. The fourth-order valence-corrected chi connectivity index (χ4v) is 3.52. The number of nitrogens with zero attached hydrogens (tertiary/aromatic N) is 1. The summed E-state index contributed by atoms with van der Waals surface area (Å²) in [5, 5.41) is 2.75. The van der Waals surface area contributed by atoms with Gasteiger partial charge in [0, 0.05) is 38.6 Å². The van der Waals surface area contributed by atoms with E-state index < -0.39 is 7.60 Å². The second-order valence-corrected chi connectivity index (χ2v) is 8.00. The number of nitrogens with one attached hydrogen (secondary N) is 1. The van der Waals surface area contributed by atoms with Gasteiger partial charge in [-0.05, 0) is 30.7 Å². The SMILES string of the molecule is COP(=O)(CCC(=O)Nc1ccc(N2CCOCC2=O)c(C)c1)OC. The highest BCUT2D eigenvalue weighted by molar-refractivity contribution is 7.53. The topological polar surface area (TPSA) is 94.2 Å². The van der Waals surface area contributed by atoms with E-state index in [4.69, 9.17) is 13.8 Å². The lowest BCUT2D eigenvalue weighted by atomic mass is 10.1. The Balaban J connectivity index is 1.99. The van der Waals surface area contributed by atoms with Crippen molar-refractivity contribution >= 4 is 30.8 Å².